The van der Waals surface area contributed by atoms with Crippen molar-refractivity contribution in [3.63, 3.8) is 0 Å². The van der Waals surface area contributed by atoms with Crippen LogP contribution < -0.4 is 0 Å². The summed E-state index contributed by atoms with van der Waals surface area (Å²) in [6.45, 7) is 84.3. The molecular formula is C104H149N19Y6-12. The van der Waals surface area contributed by atoms with Gasteiger partial charge in [0, 0.05) is 294 Å². The summed E-state index contributed by atoms with van der Waals surface area (Å²) >= 11 is 0. The molecule has 0 unspecified atom stereocenters. The van der Waals surface area contributed by atoms with Crippen LogP contribution >= 0.6 is 0 Å². The fourth-order valence-electron chi connectivity index (χ4n) is 5.63. The van der Waals surface area contributed by atoms with Crippen molar-refractivity contribution in [2.45, 2.75) is 194 Å². The number of nitrogens with one attached hydrogen (secondary N) is 1. The predicted molar refractivity (Wildman–Crippen MR) is 541 cm³/mol. The van der Waals surface area contributed by atoms with E-state index in [9.17, 15) is 0 Å². The van der Waals surface area contributed by atoms with Gasteiger partial charge in [0.15, 0.2) is 0 Å². The Kier molecular flexibility index (Phi) is 246. The van der Waals surface area contributed by atoms with Crippen LogP contribution in [0.25, 0.3) is 55.3 Å². The van der Waals surface area contributed by atoms with Crippen molar-refractivity contribution in [3.8, 4) is 0 Å². The van der Waals surface area contributed by atoms with Crippen LogP contribution in [0.1, 0.15) is 205 Å². The van der Waals surface area contributed by atoms with E-state index >= 15 is 0 Å². The van der Waals surface area contributed by atoms with Crippen molar-refractivity contribution >= 4 is 63.7 Å². The Morgan fingerprint density at radius 3 is 0.775 bits per heavy atom. The van der Waals surface area contributed by atoms with Gasteiger partial charge in [-0.3, -0.25) is 53.8 Å². The topological polar surface area (TPSA) is 275 Å². The number of para-hydroxylation sites is 4. The van der Waals surface area contributed by atoms with Gasteiger partial charge < -0.3 is 89.0 Å². The van der Waals surface area contributed by atoms with Crippen LogP contribution in [0, 0.1) is 51.1 Å². The number of fused-ring (bicyclic) bond motifs is 3. The maximum Gasteiger partial charge on any atom is 0.115 e. The second-order valence-corrected chi connectivity index (χ2v) is 16.1. The van der Waals surface area contributed by atoms with Crippen LogP contribution in [0.2, 0.25) is 0 Å². The van der Waals surface area contributed by atoms with E-state index in [1.54, 1.807) is 123 Å². The van der Waals surface area contributed by atoms with Crippen molar-refractivity contribution in [3.05, 3.63) is 415 Å². The van der Waals surface area contributed by atoms with E-state index in [-0.39, 0.29) is 196 Å². The molecule has 129 heavy (non-hydrogen) atoms. The van der Waals surface area contributed by atoms with E-state index in [4.69, 9.17) is 36.1 Å². The third kappa shape index (κ3) is 144. The number of aliphatic imine (C=N–C) groups is 1. The van der Waals surface area contributed by atoms with E-state index in [2.05, 4.69) is 143 Å². The molecule has 0 spiro atoms. The van der Waals surface area contributed by atoms with Crippen molar-refractivity contribution in [2.24, 2.45) is 10.1 Å². The molecule has 0 fully saturated rings. The Balaban J connectivity index is -0.0000000541. The summed E-state index contributed by atoms with van der Waals surface area (Å²) in [5, 5.41) is 37.7. The standard InChI is InChI=1S/2C9H7N.C8H6N2.C8H6.C7H5N.C6H4N2.C5H5N.3C4H4N2.C4H4.2C3H3N.C2H3N3.14C2H6.6Y/c2*1-2-6-9-8(4-1)5-3-7-10-9;1-2-4-8-7(3-1)9-5-6-10-8;1-2-8-6-4-3-5-7-8;8-6-7-4-2-1-3-5-7;7-8-6-4-2-1-3-5-6;1-2-4-6-5-3-1;1-2-6-4-3-5-1;1-2-5-4-6-3-1;1-2-4-6-5-3-1;2*1-3-4-2;1-2-3-4;1-2-4-5-3-1;14*1-2;;;;;;/h2*1-7H;1-6H;1-6H;1-4,6H;1-4H;1-5H;3*1-4H;1-4H;2*1-3H;1-2H,(H,3,4,5);14*1-2H3;;;;;;/q;;;3*-2;;;;;3*-2;;;;;;;;;;;;;;;;;;;;;. The molecule has 25 heteroatoms. The average Bonchev–Trinajstić information content (AvgIpc) is 1.08. The number of pyridine rings is 3. The normalized spacial score (nSPS) is 6.82. The summed E-state index contributed by atoms with van der Waals surface area (Å²) < 4.78 is 0. The van der Waals surface area contributed by atoms with Gasteiger partial charge in [0.25, 0.3) is 0 Å². The number of nitrogens with zero attached hydrogens (tertiary/aromatic N) is 18. The molecule has 1 N–H and O–H groups in total. The molecule has 0 aliphatic heterocycles. The molecule has 0 amide bonds. The number of aromatic nitrogens is 14. The number of aromatic amines is 1. The molecule has 0 bridgehead atoms. The van der Waals surface area contributed by atoms with Crippen molar-refractivity contribution < 1.29 is 196 Å². The van der Waals surface area contributed by atoms with Crippen molar-refractivity contribution in [2.75, 3.05) is 0 Å². The molecule has 6 radical (unpaired) electrons. The molecule has 0 saturated carbocycles. The Morgan fingerprint density at radius 2 is 0.589 bits per heavy atom. The van der Waals surface area contributed by atoms with Gasteiger partial charge in [-0.1, -0.05) is 266 Å². The Bertz CT molecular complexity index is 3310. The number of hydrogen-bond donors (Lipinski definition) is 1. The molecule has 690 valence electrons. The molecule has 0 saturated heterocycles. The number of rotatable bonds is 6. The number of allylic oxidation sites excluding steroid dienone is 3. The summed E-state index contributed by atoms with van der Waals surface area (Å²) in [4.78, 5) is 38.1. The molecule has 0 aliphatic rings. The third-order valence-electron chi connectivity index (χ3n) is 9.60. The fourth-order valence-corrected chi connectivity index (χ4v) is 5.63. The molecular weight excluding hydrogens is 2050 g/mol. The smallest absolute Gasteiger partial charge is 0.115 e. The monoisotopic (exact) mass is 2200 g/mol. The van der Waals surface area contributed by atoms with E-state index in [0.717, 1.165) is 52.3 Å². The van der Waals surface area contributed by atoms with E-state index in [1.807, 2.05) is 352 Å². The quantitative estimate of drug-likeness (QED) is 0.0702. The maximum atomic E-state index is 8.38. The minimum atomic E-state index is 0. The first-order chi connectivity index (χ1) is 60.9. The van der Waals surface area contributed by atoms with Crippen molar-refractivity contribution in [1.29, 1.82) is 0 Å². The van der Waals surface area contributed by atoms with Crippen LogP contribution in [0.5, 0.6) is 0 Å². The molecule has 14 aromatic rings. The van der Waals surface area contributed by atoms with Gasteiger partial charge in [-0.15, -0.1) is 42.5 Å². The number of H-pyrrole nitrogens is 1. The molecule has 0 aliphatic carbocycles. The zero-order valence-electron chi connectivity index (χ0n) is 83.0. The third-order valence-corrected chi connectivity index (χ3v) is 9.60. The minimum Gasteiger partial charge on any atom is -0.911 e. The fraction of sp³-hybridized carbons (Fsp3) is 0.269. The molecule has 8 heterocycles. The van der Waals surface area contributed by atoms with Gasteiger partial charge in [-0.2, -0.15) is 74.3 Å². The average molecular weight is 2200 g/mol. The predicted octanol–water partition coefficient (Wildman–Crippen LogP) is 30.4. The van der Waals surface area contributed by atoms with Crippen LogP contribution in [0.15, 0.2) is 346 Å². The summed E-state index contributed by atoms with van der Waals surface area (Å²) in [5.74, 6) is 0. The zero-order valence-corrected chi connectivity index (χ0v) is 100.0. The Morgan fingerprint density at radius 1 is 0.295 bits per heavy atom. The Hall–Kier alpha value is -7.06. The van der Waals surface area contributed by atoms with E-state index in [0.29, 0.717) is 11.3 Å². The number of benzene rings is 6. The molecule has 14 rings (SSSR count). The van der Waals surface area contributed by atoms with Crippen LogP contribution in [-0.4, -0.2) is 89.6 Å². The molecule has 19 nitrogen and oxygen atoms in total. The van der Waals surface area contributed by atoms with Crippen LogP contribution in [-0.2, 0) is 196 Å². The van der Waals surface area contributed by atoms with Gasteiger partial charge in [0.2, 0.25) is 0 Å². The van der Waals surface area contributed by atoms with Crippen molar-refractivity contribution in [1.82, 2.24) is 70.5 Å². The van der Waals surface area contributed by atoms with Gasteiger partial charge in [0.1, 0.15) is 6.33 Å². The number of hydrogen-bond acceptors (Lipinski definition) is 15. The summed E-state index contributed by atoms with van der Waals surface area (Å²) in [6, 6.07) is 73.3. The Labute approximate surface area is 936 Å². The second-order valence-electron chi connectivity index (χ2n) is 16.1. The molecule has 0 atom stereocenters. The summed E-state index contributed by atoms with van der Waals surface area (Å²) in [6.07, 6.45) is 36.4. The molecule has 8 aromatic heterocycles. The SMILES string of the molecule is CC.CC.CC.CC.CC.CC.CC.CC.CC.CC.CC.CC.CC.CC.[CH-]=CC=[CH-].[CH-]=CC=[N-].[CH-]=CN=[CH-].[CH-]=Cc1[c-]cccc1.[N-]=Cc1[c-]cccc1.[N-]=Nc1[c-]cccc1.[Y].[Y].[Y].[Y].[Y].[Y].c1ccc2ncccc2c1.c1ccc2ncccc2c1.c1ccc2nccnc2c1.c1ccncc1.c1ccnnc1.c1cn[nH]n1.c1cnccn1.c1cncnc1. The van der Waals surface area contributed by atoms with E-state index < -0.39 is 0 Å². The van der Waals surface area contributed by atoms with Crippen LogP contribution in [0.4, 0.5) is 5.69 Å². The van der Waals surface area contributed by atoms with Gasteiger partial charge in [0.05, 0.1) is 34.5 Å². The second kappa shape index (κ2) is 185. The first-order valence-corrected chi connectivity index (χ1v) is 41.8. The largest absolute Gasteiger partial charge is 0.911 e. The van der Waals surface area contributed by atoms with Gasteiger partial charge in [-0.05, 0) is 66.7 Å². The van der Waals surface area contributed by atoms with Gasteiger partial charge in [-0.25, -0.2) is 22.1 Å². The molecule has 6 aromatic carbocycles. The van der Waals surface area contributed by atoms with E-state index in [1.165, 1.54) is 35.3 Å². The first kappa shape index (κ1) is 172. The summed E-state index contributed by atoms with van der Waals surface area (Å²) in [7, 11) is 0. The minimum absolute atomic E-state index is 0. The zero-order chi connectivity index (χ0) is 96.6. The van der Waals surface area contributed by atoms with Gasteiger partial charge >= 0.3 is 0 Å². The first-order valence-electron chi connectivity index (χ1n) is 41.8. The summed E-state index contributed by atoms with van der Waals surface area (Å²) in [5.41, 5.74) is 14.3. The van der Waals surface area contributed by atoms with Crippen LogP contribution in [0.3, 0.4) is 0 Å². The maximum absolute atomic E-state index is 8.38.